The molecule has 1 saturated heterocycles. The summed E-state index contributed by atoms with van der Waals surface area (Å²) in [5.74, 6) is 2.76. The van der Waals surface area contributed by atoms with Crippen LogP contribution in [-0.4, -0.2) is 45.0 Å². The highest BCUT2D eigenvalue weighted by atomic mass is 127. The monoisotopic (exact) mass is 516 g/mol. The van der Waals surface area contributed by atoms with Crippen molar-refractivity contribution in [1.29, 1.82) is 0 Å². The number of aromatic nitrogens is 3. The summed E-state index contributed by atoms with van der Waals surface area (Å²) in [7, 11) is 2.00. The first kappa shape index (κ1) is 22.8. The van der Waals surface area contributed by atoms with Crippen molar-refractivity contribution in [2.75, 3.05) is 6.61 Å². The zero-order valence-electron chi connectivity index (χ0n) is 18.0. The van der Waals surface area contributed by atoms with E-state index in [4.69, 9.17) is 9.73 Å². The van der Waals surface area contributed by atoms with E-state index in [-0.39, 0.29) is 29.6 Å². The van der Waals surface area contributed by atoms with Crippen molar-refractivity contribution in [3.05, 3.63) is 11.6 Å². The minimum atomic E-state index is 0. The third-order valence-corrected chi connectivity index (χ3v) is 6.86. The van der Waals surface area contributed by atoms with E-state index in [1.165, 1.54) is 57.8 Å². The highest BCUT2D eigenvalue weighted by molar-refractivity contribution is 14.0. The molecule has 0 aromatic carbocycles. The molecule has 164 valence electrons. The van der Waals surface area contributed by atoms with Crippen molar-refractivity contribution >= 4 is 29.9 Å². The highest BCUT2D eigenvalue weighted by Crippen LogP contribution is 2.38. The second-order valence-corrected chi connectivity index (χ2v) is 8.94. The fraction of sp³-hybridized carbons (Fsp3) is 0.857. The van der Waals surface area contributed by atoms with Crippen molar-refractivity contribution in [3.8, 4) is 0 Å². The number of ether oxygens (including phenoxy) is 1. The number of aliphatic imine (C=N–C) groups is 1. The molecular formula is C21H37IN6O. The van der Waals surface area contributed by atoms with Gasteiger partial charge in [0.2, 0.25) is 0 Å². The molecule has 1 aliphatic heterocycles. The Balaban J connectivity index is 0.00000240. The van der Waals surface area contributed by atoms with E-state index in [2.05, 4.69) is 20.8 Å². The minimum Gasteiger partial charge on any atom is -0.375 e. The average molecular weight is 516 g/mol. The standard InChI is InChI=1S/C21H36N6O.HI/c1-16-25-26-19(27(16)2)15-22-20(23-17-8-4-5-9-17)24-18-10-13-28-21(14-18)11-6-3-7-12-21;/h17-18H,3-15H2,1-2H3,(H2,22,23,24);1H. The quantitative estimate of drug-likeness (QED) is 0.364. The third kappa shape index (κ3) is 5.83. The molecule has 0 amide bonds. The molecule has 3 aliphatic rings. The van der Waals surface area contributed by atoms with E-state index in [0.29, 0.717) is 18.6 Å². The van der Waals surface area contributed by atoms with E-state index in [1.54, 1.807) is 0 Å². The van der Waals surface area contributed by atoms with Crippen molar-refractivity contribution in [3.63, 3.8) is 0 Å². The summed E-state index contributed by atoms with van der Waals surface area (Å²) in [4.78, 5) is 4.89. The lowest BCUT2D eigenvalue weighted by atomic mass is 9.78. The SMILES string of the molecule is Cc1nnc(CN=C(NC2CCCC2)NC2CCOC3(CCCCC3)C2)n1C.I. The Labute approximate surface area is 191 Å². The van der Waals surface area contributed by atoms with Gasteiger partial charge >= 0.3 is 0 Å². The summed E-state index contributed by atoms with van der Waals surface area (Å²) >= 11 is 0. The van der Waals surface area contributed by atoms with Gasteiger partial charge in [0.1, 0.15) is 12.4 Å². The van der Waals surface area contributed by atoms with Gasteiger partial charge < -0.3 is 19.9 Å². The van der Waals surface area contributed by atoms with Crippen LogP contribution in [-0.2, 0) is 18.3 Å². The number of hydrogen-bond donors (Lipinski definition) is 2. The van der Waals surface area contributed by atoms with Gasteiger partial charge in [0.05, 0.1) is 5.60 Å². The van der Waals surface area contributed by atoms with Crippen LogP contribution in [0.1, 0.15) is 82.3 Å². The maximum atomic E-state index is 6.28. The average Bonchev–Trinajstić information content (AvgIpc) is 3.31. The van der Waals surface area contributed by atoms with Gasteiger partial charge in [-0.15, -0.1) is 34.2 Å². The molecule has 1 aromatic heterocycles. The van der Waals surface area contributed by atoms with Gasteiger partial charge in [-0.25, -0.2) is 4.99 Å². The molecule has 1 spiro atoms. The lowest BCUT2D eigenvalue weighted by Gasteiger charge is -2.44. The Morgan fingerprint density at radius 2 is 1.79 bits per heavy atom. The van der Waals surface area contributed by atoms with Gasteiger partial charge in [0.15, 0.2) is 11.8 Å². The molecular weight excluding hydrogens is 479 g/mol. The largest absolute Gasteiger partial charge is 0.375 e. The molecule has 2 heterocycles. The molecule has 1 atom stereocenters. The van der Waals surface area contributed by atoms with E-state index in [1.807, 2.05) is 18.5 Å². The molecule has 2 N–H and O–H groups in total. The fourth-order valence-electron chi connectivity index (χ4n) is 5.02. The molecule has 0 radical (unpaired) electrons. The summed E-state index contributed by atoms with van der Waals surface area (Å²) in [6.45, 7) is 3.38. The molecule has 7 nitrogen and oxygen atoms in total. The maximum absolute atomic E-state index is 6.28. The Hall–Kier alpha value is -0.900. The maximum Gasteiger partial charge on any atom is 0.192 e. The molecule has 1 aromatic rings. The minimum absolute atomic E-state index is 0. The highest BCUT2D eigenvalue weighted by Gasteiger charge is 2.38. The Morgan fingerprint density at radius 3 is 2.48 bits per heavy atom. The van der Waals surface area contributed by atoms with E-state index in [9.17, 15) is 0 Å². The van der Waals surface area contributed by atoms with E-state index in [0.717, 1.165) is 37.1 Å². The van der Waals surface area contributed by atoms with Crippen LogP contribution in [0.3, 0.4) is 0 Å². The number of guanidine groups is 1. The smallest absolute Gasteiger partial charge is 0.192 e. The van der Waals surface area contributed by atoms with Gasteiger partial charge in [-0.1, -0.05) is 32.1 Å². The van der Waals surface area contributed by atoms with Crippen LogP contribution in [0.2, 0.25) is 0 Å². The molecule has 2 aliphatic carbocycles. The number of rotatable bonds is 4. The Kier molecular flexibility index (Phi) is 8.18. The number of nitrogens with zero attached hydrogens (tertiary/aromatic N) is 4. The van der Waals surface area contributed by atoms with Crippen molar-refractivity contribution < 1.29 is 4.74 Å². The number of hydrogen-bond acceptors (Lipinski definition) is 4. The molecule has 3 fully saturated rings. The summed E-state index contributed by atoms with van der Waals surface area (Å²) in [6, 6.07) is 0.969. The second-order valence-electron chi connectivity index (χ2n) is 8.94. The predicted octanol–water partition coefficient (Wildman–Crippen LogP) is 3.60. The van der Waals surface area contributed by atoms with Crippen LogP contribution in [0.4, 0.5) is 0 Å². The van der Waals surface area contributed by atoms with Crippen LogP contribution in [0.15, 0.2) is 4.99 Å². The molecule has 0 bridgehead atoms. The van der Waals surface area contributed by atoms with E-state index >= 15 is 0 Å². The first-order valence-electron chi connectivity index (χ1n) is 11.2. The van der Waals surface area contributed by atoms with Crippen molar-refractivity contribution in [1.82, 2.24) is 25.4 Å². The fourth-order valence-corrected chi connectivity index (χ4v) is 5.02. The van der Waals surface area contributed by atoms with Crippen LogP contribution in [0.5, 0.6) is 0 Å². The Morgan fingerprint density at radius 1 is 1.07 bits per heavy atom. The summed E-state index contributed by atoms with van der Waals surface area (Å²) in [5, 5.41) is 15.9. The normalized spacial score (nSPS) is 25.0. The first-order chi connectivity index (χ1) is 13.6. The lowest BCUT2D eigenvalue weighted by molar-refractivity contribution is -0.107. The lowest BCUT2D eigenvalue weighted by Crippen LogP contribution is -2.53. The summed E-state index contributed by atoms with van der Waals surface area (Å²) in [5.41, 5.74) is 0.105. The number of halogens is 1. The zero-order chi connectivity index (χ0) is 19.4. The van der Waals surface area contributed by atoms with Crippen LogP contribution >= 0.6 is 24.0 Å². The molecule has 1 unspecified atom stereocenters. The van der Waals surface area contributed by atoms with Gasteiger partial charge in [0.25, 0.3) is 0 Å². The van der Waals surface area contributed by atoms with Crippen molar-refractivity contribution in [2.24, 2.45) is 12.0 Å². The second kappa shape index (κ2) is 10.4. The van der Waals surface area contributed by atoms with Crippen LogP contribution < -0.4 is 10.6 Å². The molecule has 2 saturated carbocycles. The van der Waals surface area contributed by atoms with Crippen LogP contribution in [0, 0.1) is 6.92 Å². The van der Waals surface area contributed by atoms with Gasteiger partial charge in [0, 0.05) is 25.7 Å². The third-order valence-electron chi connectivity index (χ3n) is 6.86. The predicted molar refractivity (Wildman–Crippen MR) is 126 cm³/mol. The molecule has 8 heteroatoms. The van der Waals surface area contributed by atoms with Gasteiger partial charge in [-0.05, 0) is 45.4 Å². The zero-order valence-corrected chi connectivity index (χ0v) is 20.3. The summed E-state index contributed by atoms with van der Waals surface area (Å²) in [6.07, 6.45) is 13.6. The summed E-state index contributed by atoms with van der Waals surface area (Å²) < 4.78 is 8.29. The molecule has 29 heavy (non-hydrogen) atoms. The van der Waals surface area contributed by atoms with Gasteiger partial charge in [-0.3, -0.25) is 0 Å². The van der Waals surface area contributed by atoms with Crippen LogP contribution in [0.25, 0.3) is 0 Å². The van der Waals surface area contributed by atoms with Crippen molar-refractivity contribution in [2.45, 2.75) is 102 Å². The first-order valence-corrected chi connectivity index (χ1v) is 11.2. The van der Waals surface area contributed by atoms with E-state index < -0.39 is 0 Å². The number of nitrogens with one attached hydrogen (secondary N) is 2. The topological polar surface area (TPSA) is 76.4 Å². The van der Waals surface area contributed by atoms with Gasteiger partial charge in [-0.2, -0.15) is 0 Å². The Bertz CT molecular complexity index is 673. The number of aryl methyl sites for hydroxylation is 1. The molecule has 4 rings (SSSR count).